The van der Waals surface area contributed by atoms with Crippen molar-refractivity contribution in [1.29, 1.82) is 0 Å². The van der Waals surface area contributed by atoms with Crippen molar-refractivity contribution in [3.05, 3.63) is 88.9 Å². The molecular formula is C25H27ClN2O4S. The van der Waals surface area contributed by atoms with Crippen molar-refractivity contribution < 1.29 is 17.9 Å². The lowest BCUT2D eigenvalue weighted by atomic mass is 9.96. The summed E-state index contributed by atoms with van der Waals surface area (Å²) in [6, 6.07) is 20.0. The predicted octanol–water partition coefficient (Wildman–Crippen LogP) is 5.67. The summed E-state index contributed by atoms with van der Waals surface area (Å²) in [6.45, 7) is 4.15. The number of anilines is 1. The molecule has 0 radical (unpaired) electrons. The maximum Gasteiger partial charge on any atom is 0.263 e. The van der Waals surface area contributed by atoms with E-state index in [-0.39, 0.29) is 27.4 Å². The van der Waals surface area contributed by atoms with Crippen LogP contribution in [0.3, 0.4) is 0 Å². The number of sulfonamides is 1. The number of methoxy groups -OCH3 is 1. The van der Waals surface area contributed by atoms with Crippen molar-refractivity contribution in [3.8, 4) is 5.75 Å². The molecule has 0 saturated heterocycles. The molecule has 0 bridgehead atoms. The summed E-state index contributed by atoms with van der Waals surface area (Å²) in [5, 5.41) is 3.06. The Labute approximate surface area is 200 Å². The zero-order valence-electron chi connectivity index (χ0n) is 18.7. The fourth-order valence-electron chi connectivity index (χ4n) is 3.39. The van der Waals surface area contributed by atoms with Gasteiger partial charge in [0.1, 0.15) is 10.6 Å². The molecule has 3 aromatic rings. The molecule has 8 heteroatoms. The molecule has 2 N–H and O–H groups in total. The van der Waals surface area contributed by atoms with Crippen LogP contribution in [-0.2, 0) is 10.0 Å². The normalized spacial score (nSPS) is 12.3. The van der Waals surface area contributed by atoms with Crippen LogP contribution >= 0.6 is 11.6 Å². The molecule has 0 spiro atoms. The van der Waals surface area contributed by atoms with Gasteiger partial charge in [-0.2, -0.15) is 0 Å². The largest absolute Gasteiger partial charge is 0.497 e. The number of hydrogen-bond donors (Lipinski definition) is 2. The van der Waals surface area contributed by atoms with E-state index in [9.17, 15) is 13.2 Å². The molecule has 0 aliphatic heterocycles. The first-order valence-corrected chi connectivity index (χ1v) is 12.4. The van der Waals surface area contributed by atoms with E-state index < -0.39 is 10.0 Å². The van der Waals surface area contributed by atoms with Crippen molar-refractivity contribution in [2.45, 2.75) is 31.2 Å². The number of halogens is 1. The third-order valence-electron chi connectivity index (χ3n) is 5.04. The van der Waals surface area contributed by atoms with Gasteiger partial charge in [0.2, 0.25) is 0 Å². The number of nitrogens with one attached hydrogen (secondary N) is 2. The highest BCUT2D eigenvalue weighted by atomic mass is 35.5. The molecular weight excluding hydrogens is 460 g/mol. The van der Waals surface area contributed by atoms with Crippen molar-refractivity contribution in [1.82, 2.24) is 5.32 Å². The molecule has 33 heavy (non-hydrogen) atoms. The summed E-state index contributed by atoms with van der Waals surface area (Å²) in [4.78, 5) is 12.9. The first-order valence-electron chi connectivity index (χ1n) is 10.5. The molecule has 3 aromatic carbocycles. The number of para-hydroxylation sites is 1. The van der Waals surface area contributed by atoms with E-state index in [1.165, 1.54) is 18.2 Å². The maximum absolute atomic E-state index is 13.1. The third kappa shape index (κ3) is 6.49. The van der Waals surface area contributed by atoms with Crippen LogP contribution in [0, 0.1) is 5.92 Å². The van der Waals surface area contributed by atoms with Crippen molar-refractivity contribution >= 4 is 33.2 Å². The topological polar surface area (TPSA) is 84.5 Å². The van der Waals surface area contributed by atoms with Gasteiger partial charge in [0.25, 0.3) is 15.9 Å². The van der Waals surface area contributed by atoms with Gasteiger partial charge < -0.3 is 10.1 Å². The van der Waals surface area contributed by atoms with Crippen molar-refractivity contribution in [2.24, 2.45) is 5.92 Å². The Morgan fingerprint density at radius 3 is 2.27 bits per heavy atom. The van der Waals surface area contributed by atoms with Crippen LogP contribution in [0.15, 0.2) is 77.7 Å². The van der Waals surface area contributed by atoms with E-state index in [2.05, 4.69) is 23.9 Å². The van der Waals surface area contributed by atoms with E-state index in [4.69, 9.17) is 16.3 Å². The zero-order valence-corrected chi connectivity index (χ0v) is 20.3. The second-order valence-electron chi connectivity index (χ2n) is 8.05. The first-order chi connectivity index (χ1) is 15.7. The van der Waals surface area contributed by atoms with Crippen LogP contribution in [0.25, 0.3) is 0 Å². The average molecular weight is 487 g/mol. The number of ether oxygens (including phenoxy) is 1. The van der Waals surface area contributed by atoms with Gasteiger partial charge in [-0.15, -0.1) is 0 Å². The molecule has 6 nitrogen and oxygen atoms in total. The van der Waals surface area contributed by atoms with Crippen LogP contribution in [0.2, 0.25) is 5.02 Å². The highest BCUT2D eigenvalue weighted by Crippen LogP contribution is 2.27. The SMILES string of the molecule is COc1ccc([C@H](CC(C)C)NC(=O)c2ccc(Cl)c(S(=O)(=O)Nc3ccccc3)c2)cc1. The highest BCUT2D eigenvalue weighted by Gasteiger charge is 2.22. The number of amides is 1. The summed E-state index contributed by atoms with van der Waals surface area (Å²) < 4.78 is 33.5. The first kappa shape index (κ1) is 24.6. The van der Waals surface area contributed by atoms with Crippen molar-refractivity contribution in [3.63, 3.8) is 0 Å². The standard InChI is InChI=1S/C25H27ClN2O4S/c1-17(2)15-23(18-9-12-21(32-3)13-10-18)27-25(29)19-11-14-22(26)24(16-19)33(30,31)28-20-7-5-4-6-8-20/h4-14,16-17,23,28H,15H2,1-3H3,(H,27,29)/t23-/m0/s1. The van der Waals surface area contributed by atoms with Crippen LogP contribution in [0.4, 0.5) is 5.69 Å². The average Bonchev–Trinajstić information content (AvgIpc) is 2.79. The minimum Gasteiger partial charge on any atom is -0.497 e. The second kappa shape index (κ2) is 10.7. The molecule has 0 heterocycles. The van der Waals surface area contributed by atoms with E-state index in [0.717, 1.165) is 11.3 Å². The maximum atomic E-state index is 13.1. The monoisotopic (exact) mass is 486 g/mol. The highest BCUT2D eigenvalue weighted by molar-refractivity contribution is 7.92. The molecule has 0 aliphatic rings. The van der Waals surface area contributed by atoms with Crippen LogP contribution in [0.5, 0.6) is 5.75 Å². The number of hydrogen-bond acceptors (Lipinski definition) is 4. The molecule has 0 aromatic heterocycles. The van der Waals surface area contributed by atoms with Gasteiger partial charge in [-0.3, -0.25) is 9.52 Å². The Morgan fingerprint density at radius 1 is 1.00 bits per heavy atom. The Bertz CT molecular complexity index is 1200. The van der Waals surface area contributed by atoms with Gasteiger partial charge in [-0.05, 0) is 60.4 Å². The summed E-state index contributed by atoms with van der Waals surface area (Å²) in [6.07, 6.45) is 0.715. The van der Waals surface area contributed by atoms with Gasteiger partial charge in [0.05, 0.1) is 18.2 Å². The minimum absolute atomic E-state index is 0.0314. The van der Waals surface area contributed by atoms with E-state index >= 15 is 0 Å². The van der Waals surface area contributed by atoms with Crippen LogP contribution in [0.1, 0.15) is 42.2 Å². The fourth-order valence-corrected chi connectivity index (χ4v) is 4.98. The lowest BCUT2D eigenvalue weighted by Crippen LogP contribution is -2.29. The minimum atomic E-state index is -3.98. The summed E-state index contributed by atoms with van der Waals surface area (Å²) in [5.41, 5.74) is 1.54. The van der Waals surface area contributed by atoms with Gasteiger partial charge >= 0.3 is 0 Å². The summed E-state index contributed by atoms with van der Waals surface area (Å²) in [7, 11) is -2.38. The molecule has 174 valence electrons. The molecule has 1 atom stereocenters. The van der Waals surface area contributed by atoms with Crippen LogP contribution < -0.4 is 14.8 Å². The number of rotatable bonds is 9. The number of carbonyl (C=O) groups is 1. The fraction of sp³-hybridized carbons (Fsp3) is 0.240. The Kier molecular flexibility index (Phi) is 8.00. The lowest BCUT2D eigenvalue weighted by molar-refractivity contribution is 0.0931. The Balaban J connectivity index is 1.86. The van der Waals surface area contributed by atoms with Gasteiger partial charge in [-0.1, -0.05) is 55.8 Å². The molecule has 0 aliphatic carbocycles. The van der Waals surface area contributed by atoms with Crippen molar-refractivity contribution in [2.75, 3.05) is 11.8 Å². The van der Waals surface area contributed by atoms with Gasteiger partial charge in [0, 0.05) is 11.3 Å². The predicted molar refractivity (Wildman–Crippen MR) is 131 cm³/mol. The summed E-state index contributed by atoms with van der Waals surface area (Å²) >= 11 is 6.19. The number of benzene rings is 3. The third-order valence-corrected chi connectivity index (χ3v) is 6.90. The Hall–Kier alpha value is -3.03. The second-order valence-corrected chi connectivity index (χ2v) is 10.1. The molecule has 3 rings (SSSR count). The smallest absolute Gasteiger partial charge is 0.263 e. The van der Waals surface area contributed by atoms with Gasteiger partial charge in [0.15, 0.2) is 0 Å². The quantitative estimate of drug-likeness (QED) is 0.408. The van der Waals surface area contributed by atoms with Crippen LogP contribution in [-0.4, -0.2) is 21.4 Å². The molecule has 0 fully saturated rings. The van der Waals surface area contributed by atoms with E-state index in [0.29, 0.717) is 18.0 Å². The Morgan fingerprint density at radius 2 is 1.67 bits per heavy atom. The molecule has 0 unspecified atom stereocenters. The molecule has 1 amide bonds. The van der Waals surface area contributed by atoms with E-state index in [1.54, 1.807) is 37.4 Å². The zero-order chi connectivity index (χ0) is 24.0. The number of carbonyl (C=O) groups excluding carboxylic acids is 1. The van der Waals surface area contributed by atoms with Gasteiger partial charge in [-0.25, -0.2) is 8.42 Å². The lowest BCUT2D eigenvalue weighted by Gasteiger charge is -2.22. The summed E-state index contributed by atoms with van der Waals surface area (Å²) in [5.74, 6) is 0.671. The van der Waals surface area contributed by atoms with E-state index in [1.807, 2.05) is 24.3 Å². The molecule has 0 saturated carbocycles.